The molecule has 5 nitrogen and oxygen atoms in total. The highest BCUT2D eigenvalue weighted by Crippen LogP contribution is 2.29. The molecular weight excluding hydrogens is 372 g/mol. The molecule has 0 radical (unpaired) electrons. The van der Waals surface area contributed by atoms with Crippen LogP contribution in [0.2, 0.25) is 5.02 Å². The minimum absolute atomic E-state index is 0.0204. The lowest BCUT2D eigenvalue weighted by molar-refractivity contribution is -0.121. The zero-order valence-electron chi connectivity index (χ0n) is 15.4. The number of aromatic nitrogens is 3. The molecule has 0 aliphatic heterocycles. The summed E-state index contributed by atoms with van der Waals surface area (Å²) in [5.41, 5.74) is 4.11. The molecule has 1 amide bonds. The van der Waals surface area contributed by atoms with Crippen molar-refractivity contribution in [2.45, 2.75) is 38.1 Å². The van der Waals surface area contributed by atoms with Gasteiger partial charge in [-0.05, 0) is 55.5 Å². The number of carbonyl (C=O) groups is 1. The predicted molar refractivity (Wildman–Crippen MR) is 109 cm³/mol. The summed E-state index contributed by atoms with van der Waals surface area (Å²) in [6.45, 7) is 0. The fourth-order valence-corrected chi connectivity index (χ4v) is 3.64. The van der Waals surface area contributed by atoms with Gasteiger partial charge in [-0.3, -0.25) is 9.78 Å². The minimum atomic E-state index is -0.0204. The topological polar surface area (TPSA) is 67.8 Å². The lowest BCUT2D eigenvalue weighted by Crippen LogP contribution is -2.31. The molecule has 0 fully saturated rings. The third kappa shape index (κ3) is 4.37. The van der Waals surface area contributed by atoms with Gasteiger partial charge in [0.2, 0.25) is 5.91 Å². The van der Waals surface area contributed by atoms with E-state index in [0.29, 0.717) is 23.7 Å². The van der Waals surface area contributed by atoms with Gasteiger partial charge in [0.15, 0.2) is 5.82 Å². The van der Waals surface area contributed by atoms with E-state index in [-0.39, 0.29) is 11.9 Å². The number of benzene rings is 1. The first kappa shape index (κ1) is 18.6. The summed E-state index contributed by atoms with van der Waals surface area (Å²) in [6.07, 6.45) is 9.31. The summed E-state index contributed by atoms with van der Waals surface area (Å²) in [4.78, 5) is 25.8. The van der Waals surface area contributed by atoms with E-state index in [2.05, 4.69) is 15.3 Å². The Labute approximate surface area is 169 Å². The van der Waals surface area contributed by atoms with Crippen LogP contribution in [0.25, 0.3) is 11.4 Å². The van der Waals surface area contributed by atoms with Gasteiger partial charge in [0.25, 0.3) is 0 Å². The Morgan fingerprint density at radius 1 is 1.14 bits per heavy atom. The van der Waals surface area contributed by atoms with Crippen LogP contribution in [0, 0.1) is 0 Å². The van der Waals surface area contributed by atoms with Gasteiger partial charge in [0.05, 0.1) is 6.04 Å². The molecule has 1 unspecified atom stereocenters. The monoisotopic (exact) mass is 392 g/mol. The molecule has 0 saturated heterocycles. The van der Waals surface area contributed by atoms with Gasteiger partial charge >= 0.3 is 0 Å². The molecule has 2 heterocycles. The van der Waals surface area contributed by atoms with E-state index in [1.54, 1.807) is 12.4 Å². The van der Waals surface area contributed by atoms with Gasteiger partial charge in [0.1, 0.15) is 0 Å². The molecule has 6 heteroatoms. The summed E-state index contributed by atoms with van der Waals surface area (Å²) in [7, 11) is 0. The number of nitrogens with zero attached hydrogens (tertiary/aromatic N) is 3. The van der Waals surface area contributed by atoms with Gasteiger partial charge in [0, 0.05) is 46.9 Å². The van der Waals surface area contributed by atoms with Crippen LogP contribution < -0.4 is 5.32 Å². The summed E-state index contributed by atoms with van der Waals surface area (Å²) in [5.74, 6) is 0.752. The normalized spacial score (nSPS) is 15.7. The molecule has 1 N–H and O–H groups in total. The summed E-state index contributed by atoms with van der Waals surface area (Å²) >= 11 is 5.91. The van der Waals surface area contributed by atoms with Crippen LogP contribution in [0.1, 0.15) is 42.1 Å². The maximum Gasteiger partial charge on any atom is 0.220 e. The third-order valence-electron chi connectivity index (χ3n) is 5.01. The van der Waals surface area contributed by atoms with Gasteiger partial charge in [-0.2, -0.15) is 0 Å². The number of hydrogen-bond donors (Lipinski definition) is 1. The lowest BCUT2D eigenvalue weighted by atomic mass is 9.92. The van der Waals surface area contributed by atoms with Crippen LogP contribution in [0.5, 0.6) is 0 Å². The van der Waals surface area contributed by atoms with Crippen LogP contribution in [0.4, 0.5) is 0 Å². The highest BCUT2D eigenvalue weighted by Gasteiger charge is 2.24. The Balaban J connectivity index is 1.42. The fraction of sp³-hybridized carbons (Fsp3) is 0.273. The number of aryl methyl sites for hydroxylation is 2. The predicted octanol–water partition coefficient (Wildman–Crippen LogP) is 4.32. The van der Waals surface area contributed by atoms with Crippen molar-refractivity contribution in [1.82, 2.24) is 20.3 Å². The summed E-state index contributed by atoms with van der Waals surface area (Å²) < 4.78 is 0. The van der Waals surface area contributed by atoms with E-state index in [1.165, 1.54) is 0 Å². The third-order valence-corrected chi connectivity index (χ3v) is 5.26. The first-order valence-electron chi connectivity index (χ1n) is 9.49. The molecule has 4 rings (SSSR count). The molecule has 1 aliphatic rings. The molecule has 0 spiro atoms. The average molecular weight is 393 g/mol. The molecule has 142 valence electrons. The first-order chi connectivity index (χ1) is 13.7. The van der Waals surface area contributed by atoms with Crippen LogP contribution in [0.15, 0.2) is 55.0 Å². The molecular formula is C22H21ClN4O. The Morgan fingerprint density at radius 2 is 1.93 bits per heavy atom. The number of amides is 1. The number of nitrogens with one attached hydrogen (secondary N) is 1. The largest absolute Gasteiger partial charge is 0.349 e. The Hall–Kier alpha value is -2.79. The SMILES string of the molecule is O=C(CCc1ccc(Cl)cc1)NC1CCCc2nc(-c3ccncc3)ncc21. The highest BCUT2D eigenvalue weighted by molar-refractivity contribution is 6.30. The molecule has 1 aliphatic carbocycles. The van der Waals surface area contributed by atoms with E-state index in [1.807, 2.05) is 42.6 Å². The first-order valence-corrected chi connectivity index (χ1v) is 9.87. The van der Waals surface area contributed by atoms with Crippen molar-refractivity contribution in [1.29, 1.82) is 0 Å². The maximum absolute atomic E-state index is 12.5. The second-order valence-electron chi connectivity index (χ2n) is 6.97. The van der Waals surface area contributed by atoms with Crippen LogP contribution >= 0.6 is 11.6 Å². The number of halogens is 1. The van der Waals surface area contributed by atoms with Crippen LogP contribution in [-0.4, -0.2) is 20.9 Å². The smallest absolute Gasteiger partial charge is 0.220 e. The lowest BCUT2D eigenvalue weighted by Gasteiger charge is -2.25. The van der Waals surface area contributed by atoms with Crippen LogP contribution in [-0.2, 0) is 17.6 Å². The number of carbonyl (C=O) groups excluding carboxylic acids is 1. The molecule has 28 heavy (non-hydrogen) atoms. The average Bonchev–Trinajstić information content (AvgIpc) is 2.74. The van der Waals surface area contributed by atoms with Gasteiger partial charge in [-0.1, -0.05) is 23.7 Å². The second-order valence-corrected chi connectivity index (χ2v) is 7.41. The van der Waals surface area contributed by atoms with Crippen molar-refractivity contribution < 1.29 is 4.79 Å². The highest BCUT2D eigenvalue weighted by atomic mass is 35.5. The molecule has 2 aromatic heterocycles. The molecule has 1 aromatic carbocycles. The quantitative estimate of drug-likeness (QED) is 0.702. The zero-order chi connectivity index (χ0) is 19.3. The summed E-state index contributed by atoms with van der Waals surface area (Å²) in [6, 6.07) is 11.4. The van der Waals surface area contributed by atoms with E-state index < -0.39 is 0 Å². The van der Waals surface area contributed by atoms with Crippen molar-refractivity contribution in [3.8, 4) is 11.4 Å². The molecule has 0 saturated carbocycles. The fourth-order valence-electron chi connectivity index (χ4n) is 3.51. The Morgan fingerprint density at radius 3 is 2.71 bits per heavy atom. The van der Waals surface area contributed by atoms with Crippen molar-refractivity contribution in [3.05, 3.63) is 76.8 Å². The minimum Gasteiger partial charge on any atom is -0.349 e. The van der Waals surface area contributed by atoms with Crippen molar-refractivity contribution >= 4 is 17.5 Å². The van der Waals surface area contributed by atoms with Crippen LogP contribution in [0.3, 0.4) is 0 Å². The van der Waals surface area contributed by atoms with E-state index in [9.17, 15) is 4.79 Å². The molecule has 1 atom stereocenters. The van der Waals surface area contributed by atoms with E-state index >= 15 is 0 Å². The van der Waals surface area contributed by atoms with Crippen molar-refractivity contribution in [2.75, 3.05) is 0 Å². The van der Waals surface area contributed by atoms with E-state index in [0.717, 1.165) is 41.6 Å². The van der Waals surface area contributed by atoms with Crippen molar-refractivity contribution in [3.63, 3.8) is 0 Å². The molecule has 3 aromatic rings. The van der Waals surface area contributed by atoms with Crippen molar-refractivity contribution in [2.24, 2.45) is 0 Å². The Bertz CT molecular complexity index is 960. The standard InChI is InChI=1S/C22H21ClN4O/c23-17-7-4-15(5-8-17)6-9-21(28)26-19-2-1-3-20-18(19)14-25-22(27-20)16-10-12-24-13-11-16/h4-5,7-8,10-14,19H,1-3,6,9H2,(H,26,28). The number of rotatable bonds is 5. The second kappa shape index (κ2) is 8.48. The zero-order valence-corrected chi connectivity index (χ0v) is 16.2. The van der Waals surface area contributed by atoms with Gasteiger partial charge in [-0.15, -0.1) is 0 Å². The maximum atomic E-state index is 12.5. The number of pyridine rings is 1. The van der Waals surface area contributed by atoms with E-state index in [4.69, 9.17) is 16.6 Å². The Kier molecular flexibility index (Phi) is 5.63. The van der Waals surface area contributed by atoms with Gasteiger partial charge < -0.3 is 5.32 Å². The summed E-state index contributed by atoms with van der Waals surface area (Å²) in [5, 5.41) is 3.87. The number of hydrogen-bond acceptors (Lipinski definition) is 4. The van der Waals surface area contributed by atoms with Gasteiger partial charge in [-0.25, -0.2) is 9.97 Å². The number of fused-ring (bicyclic) bond motifs is 1. The molecule has 0 bridgehead atoms.